The van der Waals surface area contributed by atoms with Crippen LogP contribution in [0.2, 0.25) is 0 Å². The molecule has 0 atom stereocenters. The van der Waals surface area contributed by atoms with Crippen LogP contribution >= 0.6 is 0 Å². The van der Waals surface area contributed by atoms with Crippen molar-refractivity contribution in [1.82, 2.24) is 9.47 Å². The SMILES string of the molecule is O=C(O)CC1CN(C(=O)c2cccn2CC(F)F)C1. The molecule has 19 heavy (non-hydrogen) atoms. The summed E-state index contributed by atoms with van der Waals surface area (Å²) in [5.41, 5.74) is 0.217. The Balaban J connectivity index is 1.95. The van der Waals surface area contributed by atoms with Gasteiger partial charge in [-0.1, -0.05) is 0 Å². The number of halogens is 2. The van der Waals surface area contributed by atoms with E-state index in [0.717, 1.165) is 0 Å². The van der Waals surface area contributed by atoms with Crippen LogP contribution in [0.3, 0.4) is 0 Å². The van der Waals surface area contributed by atoms with Gasteiger partial charge in [-0.3, -0.25) is 9.59 Å². The number of hydrogen-bond acceptors (Lipinski definition) is 2. The molecule has 2 rings (SSSR count). The number of nitrogens with zero attached hydrogens (tertiary/aromatic N) is 2. The molecule has 1 aromatic rings. The molecule has 0 aliphatic carbocycles. The fraction of sp³-hybridized carbons (Fsp3) is 0.500. The molecule has 1 N–H and O–H groups in total. The highest BCUT2D eigenvalue weighted by Crippen LogP contribution is 2.22. The number of carboxylic acid groups (broad SMARTS) is 1. The molecule has 1 amide bonds. The van der Waals surface area contributed by atoms with Crippen LogP contribution in [0.1, 0.15) is 16.9 Å². The monoisotopic (exact) mass is 272 g/mol. The van der Waals surface area contributed by atoms with Gasteiger partial charge >= 0.3 is 5.97 Å². The molecule has 104 valence electrons. The second kappa shape index (κ2) is 5.38. The molecule has 0 radical (unpaired) electrons. The Hall–Kier alpha value is -1.92. The van der Waals surface area contributed by atoms with Crippen LogP contribution in [0.4, 0.5) is 8.78 Å². The van der Waals surface area contributed by atoms with Crippen molar-refractivity contribution in [2.75, 3.05) is 13.1 Å². The zero-order valence-electron chi connectivity index (χ0n) is 10.1. The van der Waals surface area contributed by atoms with Gasteiger partial charge in [0.25, 0.3) is 12.3 Å². The molecule has 5 nitrogen and oxygen atoms in total. The Morgan fingerprint density at radius 2 is 2.11 bits per heavy atom. The third-order valence-electron chi connectivity index (χ3n) is 3.09. The average Bonchev–Trinajstić information content (AvgIpc) is 2.68. The van der Waals surface area contributed by atoms with Gasteiger partial charge in [-0.15, -0.1) is 0 Å². The molecule has 7 heteroatoms. The number of likely N-dealkylation sites (tertiary alicyclic amines) is 1. The summed E-state index contributed by atoms with van der Waals surface area (Å²) in [6, 6.07) is 3.04. The Morgan fingerprint density at radius 1 is 1.42 bits per heavy atom. The highest BCUT2D eigenvalue weighted by molar-refractivity contribution is 5.93. The lowest BCUT2D eigenvalue weighted by molar-refractivity contribution is -0.139. The number of rotatable bonds is 5. The van der Waals surface area contributed by atoms with Crippen LogP contribution in [0.5, 0.6) is 0 Å². The summed E-state index contributed by atoms with van der Waals surface area (Å²) >= 11 is 0. The molecule has 1 aromatic heterocycles. The van der Waals surface area contributed by atoms with E-state index in [0.29, 0.717) is 13.1 Å². The summed E-state index contributed by atoms with van der Waals surface area (Å²) in [5, 5.41) is 8.61. The van der Waals surface area contributed by atoms with Gasteiger partial charge in [0.1, 0.15) is 5.69 Å². The molecule has 0 bridgehead atoms. The van der Waals surface area contributed by atoms with E-state index in [1.807, 2.05) is 0 Å². The maximum Gasteiger partial charge on any atom is 0.303 e. The lowest BCUT2D eigenvalue weighted by atomic mass is 9.96. The molecule has 0 saturated carbocycles. The maximum absolute atomic E-state index is 12.3. The maximum atomic E-state index is 12.3. The van der Waals surface area contributed by atoms with E-state index in [1.165, 1.54) is 21.7 Å². The first-order valence-corrected chi connectivity index (χ1v) is 5.91. The number of hydrogen-bond donors (Lipinski definition) is 1. The van der Waals surface area contributed by atoms with E-state index in [1.54, 1.807) is 6.07 Å². The fourth-order valence-electron chi connectivity index (χ4n) is 2.19. The van der Waals surface area contributed by atoms with Crippen LogP contribution in [-0.2, 0) is 11.3 Å². The first kappa shape index (κ1) is 13.5. The quantitative estimate of drug-likeness (QED) is 0.878. The number of amides is 1. The topological polar surface area (TPSA) is 62.5 Å². The van der Waals surface area contributed by atoms with Crippen LogP contribution in [-0.4, -0.2) is 46.0 Å². The third kappa shape index (κ3) is 3.10. The smallest absolute Gasteiger partial charge is 0.303 e. The standard InChI is InChI=1S/C12H14F2N2O3/c13-10(14)7-15-3-1-2-9(15)12(19)16-5-8(6-16)4-11(17)18/h1-3,8,10H,4-7H2,(H,17,18). The van der Waals surface area contributed by atoms with Gasteiger partial charge in [-0.05, 0) is 12.1 Å². The second-order valence-electron chi connectivity index (χ2n) is 4.61. The normalized spacial score (nSPS) is 15.6. The Kier molecular flexibility index (Phi) is 3.82. The van der Waals surface area contributed by atoms with E-state index < -0.39 is 18.9 Å². The van der Waals surface area contributed by atoms with Crippen molar-refractivity contribution < 1.29 is 23.5 Å². The summed E-state index contributed by atoms with van der Waals surface area (Å²) in [6.07, 6.45) is -1.05. The van der Waals surface area contributed by atoms with E-state index in [4.69, 9.17) is 5.11 Å². The first-order chi connectivity index (χ1) is 8.97. The Morgan fingerprint density at radius 3 is 2.68 bits per heavy atom. The van der Waals surface area contributed by atoms with Crippen LogP contribution in [0.25, 0.3) is 0 Å². The highest BCUT2D eigenvalue weighted by atomic mass is 19.3. The van der Waals surface area contributed by atoms with Gasteiger partial charge in [0.2, 0.25) is 0 Å². The molecular weight excluding hydrogens is 258 g/mol. The molecule has 1 saturated heterocycles. The zero-order chi connectivity index (χ0) is 14.0. The summed E-state index contributed by atoms with van der Waals surface area (Å²) in [4.78, 5) is 24.0. The second-order valence-corrected chi connectivity index (χ2v) is 4.61. The number of alkyl halides is 2. The predicted octanol–water partition coefficient (Wildman–Crippen LogP) is 1.30. The summed E-state index contributed by atoms with van der Waals surface area (Å²) in [6.45, 7) is 0.219. The minimum atomic E-state index is -2.52. The van der Waals surface area contributed by atoms with Crippen molar-refractivity contribution in [3.63, 3.8) is 0 Å². The number of carboxylic acids is 1. The van der Waals surface area contributed by atoms with E-state index in [9.17, 15) is 18.4 Å². The summed E-state index contributed by atoms with van der Waals surface area (Å²) < 4.78 is 25.9. The van der Waals surface area contributed by atoms with Crippen molar-refractivity contribution in [1.29, 1.82) is 0 Å². The van der Waals surface area contributed by atoms with Crippen LogP contribution in [0.15, 0.2) is 18.3 Å². The number of carbonyl (C=O) groups is 2. The molecule has 2 heterocycles. The minimum Gasteiger partial charge on any atom is -0.481 e. The molecule has 1 aliphatic heterocycles. The van der Waals surface area contributed by atoms with Crippen molar-refractivity contribution in [2.45, 2.75) is 19.4 Å². The molecular formula is C12H14F2N2O3. The van der Waals surface area contributed by atoms with Gasteiger partial charge in [-0.2, -0.15) is 0 Å². The first-order valence-electron chi connectivity index (χ1n) is 5.91. The zero-order valence-corrected chi connectivity index (χ0v) is 10.1. The summed E-state index contributed by atoms with van der Waals surface area (Å²) in [7, 11) is 0. The van der Waals surface area contributed by atoms with Crippen LogP contribution in [0, 0.1) is 5.92 Å². The van der Waals surface area contributed by atoms with Crippen LogP contribution < -0.4 is 0 Å². The number of carbonyl (C=O) groups excluding carboxylic acids is 1. The van der Waals surface area contributed by atoms with Crippen molar-refractivity contribution in [3.05, 3.63) is 24.0 Å². The Labute approximate surface area is 108 Å². The van der Waals surface area contributed by atoms with Gasteiger partial charge in [-0.25, -0.2) is 8.78 Å². The largest absolute Gasteiger partial charge is 0.481 e. The molecule has 1 fully saturated rings. The van der Waals surface area contributed by atoms with Gasteiger partial charge in [0.15, 0.2) is 0 Å². The molecule has 0 aromatic carbocycles. The lowest BCUT2D eigenvalue weighted by Gasteiger charge is -2.38. The van der Waals surface area contributed by atoms with Crippen molar-refractivity contribution in [2.24, 2.45) is 5.92 Å². The van der Waals surface area contributed by atoms with Crippen molar-refractivity contribution in [3.8, 4) is 0 Å². The van der Waals surface area contributed by atoms with E-state index >= 15 is 0 Å². The summed E-state index contributed by atoms with van der Waals surface area (Å²) in [5.74, 6) is -1.26. The van der Waals surface area contributed by atoms with Crippen molar-refractivity contribution >= 4 is 11.9 Å². The highest BCUT2D eigenvalue weighted by Gasteiger charge is 2.33. The lowest BCUT2D eigenvalue weighted by Crippen LogP contribution is -2.51. The molecule has 1 aliphatic rings. The Bertz CT molecular complexity index is 481. The van der Waals surface area contributed by atoms with E-state index in [-0.39, 0.29) is 23.9 Å². The number of aliphatic carboxylic acids is 1. The fourth-order valence-corrected chi connectivity index (χ4v) is 2.19. The van der Waals surface area contributed by atoms with Gasteiger partial charge in [0, 0.05) is 25.2 Å². The average molecular weight is 272 g/mol. The van der Waals surface area contributed by atoms with Gasteiger partial charge in [0.05, 0.1) is 13.0 Å². The predicted molar refractivity (Wildman–Crippen MR) is 62.1 cm³/mol. The third-order valence-corrected chi connectivity index (χ3v) is 3.09. The number of aromatic nitrogens is 1. The molecule has 0 unspecified atom stereocenters. The van der Waals surface area contributed by atoms with Gasteiger partial charge < -0.3 is 14.6 Å². The minimum absolute atomic E-state index is 0.0296. The molecule has 0 spiro atoms. The van der Waals surface area contributed by atoms with E-state index in [2.05, 4.69) is 0 Å².